The lowest BCUT2D eigenvalue weighted by molar-refractivity contribution is 0.293. The third-order valence-corrected chi connectivity index (χ3v) is 3.50. The van der Waals surface area contributed by atoms with Gasteiger partial charge in [-0.2, -0.15) is 0 Å². The van der Waals surface area contributed by atoms with Crippen molar-refractivity contribution in [3.63, 3.8) is 0 Å². The fourth-order valence-corrected chi connectivity index (χ4v) is 2.05. The maximum absolute atomic E-state index is 5.79. The zero-order chi connectivity index (χ0) is 12.3. The van der Waals surface area contributed by atoms with E-state index in [2.05, 4.69) is 37.1 Å². The Kier molecular flexibility index (Phi) is 4.24. The first-order chi connectivity index (χ1) is 8.22. The van der Waals surface area contributed by atoms with E-state index in [1.807, 2.05) is 0 Å². The molecule has 1 saturated carbocycles. The summed E-state index contributed by atoms with van der Waals surface area (Å²) in [5.74, 6) is 2.15. The summed E-state index contributed by atoms with van der Waals surface area (Å²) < 4.78 is 5.79. The molecule has 3 nitrogen and oxygen atoms in total. The Morgan fingerprint density at radius 2 is 2.06 bits per heavy atom. The maximum Gasteiger partial charge on any atom is 0.118 e. The molecule has 1 fully saturated rings. The fraction of sp³-hybridized carbons (Fsp3) is 0.714. The summed E-state index contributed by atoms with van der Waals surface area (Å²) in [5, 5.41) is 3.49. The summed E-state index contributed by atoms with van der Waals surface area (Å²) in [6, 6.07) is 2.95. The summed E-state index contributed by atoms with van der Waals surface area (Å²) in [7, 11) is 0. The van der Waals surface area contributed by atoms with Crippen LogP contribution in [0.25, 0.3) is 0 Å². The second-order valence-electron chi connectivity index (χ2n) is 4.91. The minimum absolute atomic E-state index is 0.742. The number of furan rings is 1. The zero-order valence-corrected chi connectivity index (χ0v) is 11.3. The third-order valence-electron chi connectivity index (χ3n) is 3.50. The Bertz CT molecular complexity index is 351. The molecule has 1 aliphatic carbocycles. The number of hydrogen-bond acceptors (Lipinski definition) is 3. The maximum atomic E-state index is 5.79. The molecule has 1 heterocycles. The van der Waals surface area contributed by atoms with Gasteiger partial charge in [0.05, 0.1) is 6.54 Å². The van der Waals surface area contributed by atoms with Crippen LogP contribution in [0.3, 0.4) is 0 Å². The summed E-state index contributed by atoms with van der Waals surface area (Å²) in [4.78, 5) is 2.41. The van der Waals surface area contributed by atoms with Crippen LogP contribution in [-0.2, 0) is 13.1 Å². The third kappa shape index (κ3) is 3.58. The van der Waals surface area contributed by atoms with E-state index in [9.17, 15) is 0 Å². The van der Waals surface area contributed by atoms with Gasteiger partial charge in [0.2, 0.25) is 0 Å². The highest BCUT2D eigenvalue weighted by molar-refractivity contribution is 5.20. The van der Waals surface area contributed by atoms with Crippen LogP contribution >= 0.6 is 0 Å². The average Bonchev–Trinajstić information content (AvgIpc) is 3.09. The van der Waals surface area contributed by atoms with Gasteiger partial charge in [0.25, 0.3) is 0 Å². The van der Waals surface area contributed by atoms with Gasteiger partial charge < -0.3 is 9.73 Å². The van der Waals surface area contributed by atoms with Crippen LogP contribution in [0.15, 0.2) is 10.5 Å². The van der Waals surface area contributed by atoms with Crippen LogP contribution in [0.1, 0.15) is 43.8 Å². The van der Waals surface area contributed by atoms with E-state index in [1.54, 1.807) is 0 Å². The number of nitrogens with zero attached hydrogens (tertiary/aromatic N) is 1. The summed E-state index contributed by atoms with van der Waals surface area (Å²) >= 11 is 0. The van der Waals surface area contributed by atoms with Gasteiger partial charge in [-0.05, 0) is 38.9 Å². The van der Waals surface area contributed by atoms with Gasteiger partial charge in [0.1, 0.15) is 11.5 Å². The predicted molar refractivity (Wildman–Crippen MR) is 69.9 cm³/mol. The number of aryl methyl sites for hydroxylation is 1. The first-order valence-electron chi connectivity index (χ1n) is 6.76. The molecule has 96 valence electrons. The molecule has 1 N–H and O–H groups in total. The zero-order valence-electron chi connectivity index (χ0n) is 11.3. The SMILES string of the molecule is CCN(CC)Cc1cc(CNC2CC2)oc1C. The number of hydrogen-bond donors (Lipinski definition) is 1. The molecule has 0 amide bonds. The first kappa shape index (κ1) is 12.7. The lowest BCUT2D eigenvalue weighted by Crippen LogP contribution is -2.22. The van der Waals surface area contributed by atoms with E-state index in [0.717, 1.165) is 43.7 Å². The average molecular weight is 236 g/mol. The molecule has 0 atom stereocenters. The van der Waals surface area contributed by atoms with Crippen LogP contribution in [-0.4, -0.2) is 24.0 Å². The minimum atomic E-state index is 0.742. The number of rotatable bonds is 7. The molecule has 3 heteroatoms. The van der Waals surface area contributed by atoms with E-state index >= 15 is 0 Å². The highest BCUT2D eigenvalue weighted by Gasteiger charge is 2.21. The normalized spacial score (nSPS) is 15.8. The van der Waals surface area contributed by atoms with Crippen molar-refractivity contribution in [2.75, 3.05) is 13.1 Å². The molecule has 0 aliphatic heterocycles. The monoisotopic (exact) mass is 236 g/mol. The second-order valence-corrected chi connectivity index (χ2v) is 4.91. The van der Waals surface area contributed by atoms with E-state index < -0.39 is 0 Å². The summed E-state index contributed by atoms with van der Waals surface area (Å²) in [6.45, 7) is 10.5. The van der Waals surface area contributed by atoms with Crippen molar-refractivity contribution in [1.82, 2.24) is 10.2 Å². The van der Waals surface area contributed by atoms with Crippen molar-refractivity contribution >= 4 is 0 Å². The van der Waals surface area contributed by atoms with Crippen LogP contribution in [0, 0.1) is 6.92 Å². The molecule has 0 saturated heterocycles. The minimum Gasteiger partial charge on any atom is -0.465 e. The van der Waals surface area contributed by atoms with Crippen LogP contribution in [0.4, 0.5) is 0 Å². The van der Waals surface area contributed by atoms with Crippen molar-refractivity contribution in [3.05, 3.63) is 23.2 Å². The van der Waals surface area contributed by atoms with Crippen molar-refractivity contribution < 1.29 is 4.42 Å². The molecule has 0 radical (unpaired) electrons. The highest BCUT2D eigenvalue weighted by atomic mass is 16.3. The van der Waals surface area contributed by atoms with E-state index in [4.69, 9.17) is 4.42 Å². The van der Waals surface area contributed by atoms with Gasteiger partial charge in [0, 0.05) is 18.2 Å². The van der Waals surface area contributed by atoms with Crippen LogP contribution in [0.2, 0.25) is 0 Å². The van der Waals surface area contributed by atoms with E-state index in [0.29, 0.717) is 0 Å². The van der Waals surface area contributed by atoms with Gasteiger partial charge in [0.15, 0.2) is 0 Å². The molecular weight excluding hydrogens is 212 g/mol. The van der Waals surface area contributed by atoms with Gasteiger partial charge in [-0.15, -0.1) is 0 Å². The van der Waals surface area contributed by atoms with Gasteiger partial charge in [-0.25, -0.2) is 0 Å². The molecular formula is C14H24N2O. The standard InChI is InChI=1S/C14H24N2O/c1-4-16(5-2)10-12-8-14(17-11(12)3)9-15-13-6-7-13/h8,13,15H,4-7,9-10H2,1-3H3. The molecule has 0 spiro atoms. The largest absolute Gasteiger partial charge is 0.465 e. The molecule has 2 rings (SSSR count). The Hall–Kier alpha value is -0.800. The fourth-order valence-electron chi connectivity index (χ4n) is 2.05. The summed E-state index contributed by atoms with van der Waals surface area (Å²) in [5.41, 5.74) is 1.33. The molecule has 0 unspecified atom stereocenters. The highest BCUT2D eigenvalue weighted by Crippen LogP contribution is 2.21. The molecule has 1 aliphatic rings. The Morgan fingerprint density at radius 3 is 2.65 bits per heavy atom. The van der Waals surface area contributed by atoms with Crippen molar-refractivity contribution in [2.24, 2.45) is 0 Å². The van der Waals surface area contributed by atoms with Gasteiger partial charge in [-0.1, -0.05) is 13.8 Å². The Labute approximate surface area is 104 Å². The van der Waals surface area contributed by atoms with Crippen molar-refractivity contribution in [3.8, 4) is 0 Å². The molecule has 0 bridgehead atoms. The van der Waals surface area contributed by atoms with Gasteiger partial charge in [-0.3, -0.25) is 4.90 Å². The van der Waals surface area contributed by atoms with Crippen LogP contribution < -0.4 is 5.32 Å². The molecule has 17 heavy (non-hydrogen) atoms. The van der Waals surface area contributed by atoms with Crippen molar-refractivity contribution in [1.29, 1.82) is 0 Å². The molecule has 0 aromatic carbocycles. The van der Waals surface area contributed by atoms with E-state index in [1.165, 1.54) is 18.4 Å². The smallest absolute Gasteiger partial charge is 0.118 e. The number of nitrogens with one attached hydrogen (secondary N) is 1. The molecule has 1 aromatic rings. The van der Waals surface area contributed by atoms with Crippen molar-refractivity contribution in [2.45, 2.75) is 52.7 Å². The lowest BCUT2D eigenvalue weighted by atomic mass is 10.2. The predicted octanol–water partition coefficient (Wildman–Crippen LogP) is 2.68. The first-order valence-corrected chi connectivity index (χ1v) is 6.76. The molecule has 1 aromatic heterocycles. The Balaban J connectivity index is 1.91. The van der Waals surface area contributed by atoms with Crippen LogP contribution in [0.5, 0.6) is 0 Å². The summed E-state index contributed by atoms with van der Waals surface area (Å²) in [6.07, 6.45) is 2.65. The van der Waals surface area contributed by atoms with E-state index in [-0.39, 0.29) is 0 Å². The quantitative estimate of drug-likeness (QED) is 0.789. The lowest BCUT2D eigenvalue weighted by Gasteiger charge is -2.16. The Morgan fingerprint density at radius 1 is 1.35 bits per heavy atom. The topological polar surface area (TPSA) is 28.4 Å². The van der Waals surface area contributed by atoms with Gasteiger partial charge >= 0.3 is 0 Å². The second kappa shape index (κ2) is 5.69.